The van der Waals surface area contributed by atoms with Gasteiger partial charge < -0.3 is 10.6 Å². The number of aliphatic imine (C=N–C) groups is 1. The van der Waals surface area contributed by atoms with Crippen LogP contribution in [-0.4, -0.2) is 57.7 Å². The first-order valence-electron chi connectivity index (χ1n) is 9.23. The summed E-state index contributed by atoms with van der Waals surface area (Å²) in [5.41, 5.74) is 0.0113. The number of halogens is 1. The van der Waals surface area contributed by atoms with Crippen LogP contribution >= 0.6 is 35.3 Å². The topological polar surface area (TPSA) is 73.8 Å². The number of nitrogens with zero attached hydrogens (tertiary/aromatic N) is 2. The van der Waals surface area contributed by atoms with Gasteiger partial charge in [-0.25, -0.2) is 12.7 Å². The lowest BCUT2D eigenvalue weighted by Crippen LogP contribution is -2.44. The Hall–Kier alpha value is -0.390. The third-order valence-electron chi connectivity index (χ3n) is 4.77. The number of rotatable bonds is 7. The molecule has 1 saturated heterocycles. The summed E-state index contributed by atoms with van der Waals surface area (Å²) in [4.78, 5) is 6.11. The molecule has 156 valence electrons. The molecule has 1 aromatic rings. The third-order valence-corrected chi connectivity index (χ3v) is 7.30. The van der Waals surface area contributed by atoms with E-state index in [1.807, 2.05) is 0 Å². The summed E-state index contributed by atoms with van der Waals surface area (Å²) < 4.78 is 24.8. The lowest BCUT2D eigenvalue weighted by atomic mass is 9.92. The van der Waals surface area contributed by atoms with E-state index >= 15 is 0 Å². The molecule has 2 rings (SSSR count). The molecule has 2 heterocycles. The first-order chi connectivity index (χ1) is 12.2. The number of thiophene rings is 1. The van der Waals surface area contributed by atoms with Crippen molar-refractivity contribution >= 4 is 51.3 Å². The first kappa shape index (κ1) is 24.6. The van der Waals surface area contributed by atoms with Crippen molar-refractivity contribution < 1.29 is 8.42 Å². The number of guanidine groups is 1. The van der Waals surface area contributed by atoms with Crippen LogP contribution in [0.5, 0.6) is 0 Å². The fraction of sp³-hybridized carbons (Fsp3) is 0.722. The van der Waals surface area contributed by atoms with Crippen LogP contribution in [0.25, 0.3) is 0 Å². The predicted molar refractivity (Wildman–Crippen MR) is 126 cm³/mol. The Kier molecular flexibility index (Phi) is 10.0. The van der Waals surface area contributed by atoms with Crippen molar-refractivity contribution in [1.82, 2.24) is 14.9 Å². The Bertz CT molecular complexity index is 682. The van der Waals surface area contributed by atoms with E-state index in [1.165, 1.54) is 11.1 Å². The van der Waals surface area contributed by atoms with E-state index in [0.29, 0.717) is 19.0 Å². The number of hydrogen-bond donors (Lipinski definition) is 2. The molecule has 1 aliphatic heterocycles. The van der Waals surface area contributed by atoms with Crippen molar-refractivity contribution in [3.63, 3.8) is 0 Å². The molecule has 0 radical (unpaired) electrons. The molecule has 0 bridgehead atoms. The minimum absolute atomic E-state index is 0. The van der Waals surface area contributed by atoms with Crippen LogP contribution in [-0.2, 0) is 15.4 Å². The van der Waals surface area contributed by atoms with Gasteiger partial charge in [0.15, 0.2) is 5.96 Å². The summed E-state index contributed by atoms with van der Waals surface area (Å²) in [6, 6.07) is 4.24. The van der Waals surface area contributed by atoms with Crippen molar-refractivity contribution in [3.05, 3.63) is 22.4 Å². The van der Waals surface area contributed by atoms with Crippen LogP contribution in [0.2, 0.25) is 0 Å². The van der Waals surface area contributed by atoms with Crippen LogP contribution in [0.3, 0.4) is 0 Å². The Morgan fingerprint density at radius 1 is 1.33 bits per heavy atom. The van der Waals surface area contributed by atoms with Crippen molar-refractivity contribution in [2.24, 2.45) is 10.9 Å². The molecule has 9 heteroatoms. The monoisotopic (exact) mass is 528 g/mol. The second kappa shape index (κ2) is 11.0. The highest BCUT2D eigenvalue weighted by Crippen LogP contribution is 2.27. The molecule has 0 atom stereocenters. The fourth-order valence-corrected chi connectivity index (χ4v) is 4.76. The zero-order chi connectivity index (χ0) is 19.2. The van der Waals surface area contributed by atoms with E-state index in [1.54, 1.807) is 15.6 Å². The van der Waals surface area contributed by atoms with Crippen molar-refractivity contribution in [2.45, 2.75) is 39.0 Å². The maximum Gasteiger partial charge on any atom is 0.211 e. The minimum Gasteiger partial charge on any atom is -0.357 e. The Balaban J connectivity index is 0.00000364. The van der Waals surface area contributed by atoms with Crippen molar-refractivity contribution in [1.29, 1.82) is 0 Å². The summed E-state index contributed by atoms with van der Waals surface area (Å²) in [6.07, 6.45) is 3.07. The van der Waals surface area contributed by atoms with Crippen molar-refractivity contribution in [2.75, 3.05) is 39.0 Å². The maximum absolute atomic E-state index is 11.6. The molecular formula is C18H33IN4O2S2. The molecule has 1 fully saturated rings. The summed E-state index contributed by atoms with van der Waals surface area (Å²) in [6.45, 7) is 10.1. The normalized spacial score (nSPS) is 17.4. The molecule has 2 N–H and O–H groups in total. The Labute approximate surface area is 185 Å². The largest absolute Gasteiger partial charge is 0.357 e. The number of hydrogen-bond acceptors (Lipinski definition) is 4. The average molecular weight is 529 g/mol. The quantitative estimate of drug-likeness (QED) is 0.325. The smallest absolute Gasteiger partial charge is 0.211 e. The van der Waals surface area contributed by atoms with E-state index in [0.717, 1.165) is 38.4 Å². The Morgan fingerprint density at radius 2 is 2.00 bits per heavy atom. The van der Waals surface area contributed by atoms with E-state index in [-0.39, 0.29) is 29.4 Å². The van der Waals surface area contributed by atoms with Gasteiger partial charge in [-0.15, -0.1) is 35.3 Å². The third kappa shape index (κ3) is 7.86. The lowest BCUT2D eigenvalue weighted by Gasteiger charge is -2.30. The molecule has 0 spiro atoms. The SMILES string of the molecule is CCNC(=NCC(C)(C)c1cccs1)NCC1CCN(S(C)(=O)=O)CC1.I. The number of nitrogens with one attached hydrogen (secondary N) is 2. The van der Waals surface area contributed by atoms with Gasteiger partial charge in [0.1, 0.15) is 0 Å². The fourth-order valence-electron chi connectivity index (χ4n) is 3.05. The van der Waals surface area contributed by atoms with Crippen LogP contribution in [0.1, 0.15) is 38.5 Å². The second-order valence-electron chi connectivity index (χ2n) is 7.54. The molecule has 0 aromatic carbocycles. The predicted octanol–water partition coefficient (Wildman–Crippen LogP) is 2.87. The van der Waals surface area contributed by atoms with Crippen LogP contribution in [0.4, 0.5) is 0 Å². The summed E-state index contributed by atoms with van der Waals surface area (Å²) in [5.74, 6) is 1.31. The van der Waals surface area contributed by atoms with Gasteiger partial charge in [0.05, 0.1) is 12.8 Å². The van der Waals surface area contributed by atoms with Gasteiger partial charge >= 0.3 is 0 Å². The van der Waals surface area contributed by atoms with E-state index in [4.69, 9.17) is 4.99 Å². The molecule has 0 aliphatic carbocycles. The molecular weight excluding hydrogens is 495 g/mol. The van der Waals surface area contributed by atoms with Gasteiger partial charge in [-0.3, -0.25) is 4.99 Å². The van der Waals surface area contributed by atoms with E-state index < -0.39 is 10.0 Å². The molecule has 27 heavy (non-hydrogen) atoms. The zero-order valence-electron chi connectivity index (χ0n) is 16.7. The molecule has 6 nitrogen and oxygen atoms in total. The average Bonchev–Trinajstić information content (AvgIpc) is 3.12. The standard InChI is InChI=1S/C18H32N4O2S2.HI/c1-5-19-17(21-14-18(2,3)16-7-6-12-25-16)20-13-15-8-10-22(11-9-15)26(4,23)24;/h6-7,12,15H,5,8-11,13-14H2,1-4H3,(H2,19,20,21);1H. The number of piperidine rings is 1. The van der Waals surface area contributed by atoms with Gasteiger partial charge in [0.25, 0.3) is 0 Å². The highest BCUT2D eigenvalue weighted by atomic mass is 127. The van der Waals surface area contributed by atoms with E-state index in [9.17, 15) is 8.42 Å². The molecule has 0 saturated carbocycles. The van der Waals surface area contributed by atoms with Crippen molar-refractivity contribution in [3.8, 4) is 0 Å². The number of sulfonamides is 1. The van der Waals surface area contributed by atoms with E-state index in [2.05, 4.69) is 48.9 Å². The summed E-state index contributed by atoms with van der Waals surface area (Å²) in [5, 5.41) is 8.85. The van der Waals surface area contributed by atoms with Crippen LogP contribution in [0.15, 0.2) is 22.5 Å². The summed E-state index contributed by atoms with van der Waals surface area (Å²) >= 11 is 1.77. The minimum atomic E-state index is -3.06. The van der Waals surface area contributed by atoms with Gasteiger partial charge in [0, 0.05) is 36.5 Å². The van der Waals surface area contributed by atoms with Crippen LogP contribution < -0.4 is 10.6 Å². The molecule has 0 amide bonds. The second-order valence-corrected chi connectivity index (χ2v) is 10.5. The highest BCUT2D eigenvalue weighted by molar-refractivity contribution is 14.0. The lowest BCUT2D eigenvalue weighted by molar-refractivity contribution is 0.275. The maximum atomic E-state index is 11.6. The summed E-state index contributed by atoms with van der Waals surface area (Å²) in [7, 11) is -3.06. The first-order valence-corrected chi connectivity index (χ1v) is 12.0. The highest BCUT2D eigenvalue weighted by Gasteiger charge is 2.25. The van der Waals surface area contributed by atoms with Gasteiger partial charge in [-0.1, -0.05) is 19.9 Å². The Morgan fingerprint density at radius 3 is 2.52 bits per heavy atom. The molecule has 1 aromatic heterocycles. The van der Waals surface area contributed by atoms with Crippen LogP contribution in [0, 0.1) is 5.92 Å². The van der Waals surface area contributed by atoms with Gasteiger partial charge in [-0.2, -0.15) is 0 Å². The zero-order valence-corrected chi connectivity index (χ0v) is 20.7. The van der Waals surface area contributed by atoms with Gasteiger partial charge in [0.2, 0.25) is 10.0 Å². The van der Waals surface area contributed by atoms with Gasteiger partial charge in [-0.05, 0) is 37.1 Å². The molecule has 0 unspecified atom stereocenters. The molecule has 1 aliphatic rings.